The standard InChI is InChI=1S/C17H25N3O2/c1-3-21-13-6-4-5-12(9-13)11-19-17(18-2)20-15-10-14-7-8-16(15)22-14/h4-6,9,14-16H,3,7-8,10-11H2,1-2H3,(H2,18,19,20). The van der Waals surface area contributed by atoms with Crippen LogP contribution >= 0.6 is 0 Å². The highest BCUT2D eigenvalue weighted by Crippen LogP contribution is 2.34. The van der Waals surface area contributed by atoms with Gasteiger partial charge >= 0.3 is 0 Å². The largest absolute Gasteiger partial charge is 0.494 e. The van der Waals surface area contributed by atoms with Gasteiger partial charge in [-0.15, -0.1) is 0 Å². The van der Waals surface area contributed by atoms with Crippen molar-refractivity contribution in [1.29, 1.82) is 0 Å². The summed E-state index contributed by atoms with van der Waals surface area (Å²) >= 11 is 0. The predicted molar refractivity (Wildman–Crippen MR) is 87.2 cm³/mol. The lowest BCUT2D eigenvalue weighted by Gasteiger charge is -2.22. The molecule has 2 fully saturated rings. The van der Waals surface area contributed by atoms with Gasteiger partial charge in [-0.25, -0.2) is 0 Å². The van der Waals surface area contributed by atoms with Crippen molar-refractivity contribution in [3.63, 3.8) is 0 Å². The third kappa shape index (κ3) is 3.53. The molecular formula is C17H25N3O2. The van der Waals surface area contributed by atoms with Crippen molar-refractivity contribution in [3.05, 3.63) is 29.8 Å². The van der Waals surface area contributed by atoms with Gasteiger partial charge in [0.25, 0.3) is 0 Å². The van der Waals surface area contributed by atoms with Crippen LogP contribution in [0.5, 0.6) is 5.75 Å². The minimum Gasteiger partial charge on any atom is -0.494 e. The topological polar surface area (TPSA) is 54.9 Å². The van der Waals surface area contributed by atoms with Gasteiger partial charge in [-0.1, -0.05) is 12.1 Å². The second kappa shape index (κ2) is 7.01. The van der Waals surface area contributed by atoms with E-state index in [1.165, 1.54) is 12.0 Å². The quantitative estimate of drug-likeness (QED) is 0.646. The summed E-state index contributed by atoms with van der Waals surface area (Å²) in [6, 6.07) is 8.53. The van der Waals surface area contributed by atoms with Crippen LogP contribution in [0.25, 0.3) is 0 Å². The summed E-state index contributed by atoms with van der Waals surface area (Å²) in [6.45, 7) is 3.40. The number of benzene rings is 1. The average molecular weight is 303 g/mol. The second-order valence-electron chi connectivity index (χ2n) is 5.87. The van der Waals surface area contributed by atoms with E-state index in [1.807, 2.05) is 19.1 Å². The van der Waals surface area contributed by atoms with E-state index in [-0.39, 0.29) is 0 Å². The van der Waals surface area contributed by atoms with Crippen molar-refractivity contribution < 1.29 is 9.47 Å². The van der Waals surface area contributed by atoms with Crippen LogP contribution in [0.3, 0.4) is 0 Å². The van der Waals surface area contributed by atoms with Crippen molar-refractivity contribution in [3.8, 4) is 5.75 Å². The number of nitrogens with zero attached hydrogens (tertiary/aromatic N) is 1. The van der Waals surface area contributed by atoms with Gasteiger partial charge in [-0.05, 0) is 43.9 Å². The van der Waals surface area contributed by atoms with Gasteiger partial charge in [0.05, 0.1) is 24.9 Å². The lowest BCUT2D eigenvalue weighted by molar-refractivity contribution is 0.0992. The van der Waals surface area contributed by atoms with Crippen LogP contribution in [0.2, 0.25) is 0 Å². The fourth-order valence-electron chi connectivity index (χ4n) is 3.26. The number of aliphatic imine (C=N–C) groups is 1. The van der Waals surface area contributed by atoms with Crippen molar-refractivity contribution in [2.24, 2.45) is 4.99 Å². The van der Waals surface area contributed by atoms with Gasteiger partial charge in [0.2, 0.25) is 0 Å². The molecule has 1 aromatic carbocycles. The Morgan fingerprint density at radius 3 is 3.00 bits per heavy atom. The van der Waals surface area contributed by atoms with Crippen molar-refractivity contribution in [2.45, 2.75) is 51.0 Å². The third-order valence-electron chi connectivity index (χ3n) is 4.32. The Morgan fingerprint density at radius 2 is 2.32 bits per heavy atom. The Morgan fingerprint density at radius 1 is 1.41 bits per heavy atom. The van der Waals surface area contributed by atoms with E-state index < -0.39 is 0 Å². The molecule has 2 heterocycles. The highest BCUT2D eigenvalue weighted by atomic mass is 16.5. The first-order valence-electron chi connectivity index (χ1n) is 8.13. The normalized spacial score (nSPS) is 27.0. The van der Waals surface area contributed by atoms with Crippen molar-refractivity contribution in [2.75, 3.05) is 13.7 Å². The highest BCUT2D eigenvalue weighted by Gasteiger charge is 2.41. The third-order valence-corrected chi connectivity index (χ3v) is 4.32. The molecule has 2 saturated heterocycles. The number of ether oxygens (including phenoxy) is 2. The molecule has 3 unspecified atom stereocenters. The highest BCUT2D eigenvalue weighted by molar-refractivity contribution is 5.80. The van der Waals surface area contributed by atoms with Crippen LogP contribution in [0.15, 0.2) is 29.3 Å². The van der Waals surface area contributed by atoms with Crippen molar-refractivity contribution >= 4 is 5.96 Å². The Labute approximate surface area is 132 Å². The van der Waals surface area contributed by atoms with Gasteiger partial charge in [0.15, 0.2) is 5.96 Å². The number of fused-ring (bicyclic) bond motifs is 2. The summed E-state index contributed by atoms with van der Waals surface area (Å²) in [6.07, 6.45) is 4.26. The summed E-state index contributed by atoms with van der Waals surface area (Å²) in [5.74, 6) is 1.74. The zero-order valence-corrected chi connectivity index (χ0v) is 13.3. The maximum atomic E-state index is 5.87. The number of hydrogen-bond donors (Lipinski definition) is 2. The first-order chi connectivity index (χ1) is 10.8. The molecule has 2 bridgehead atoms. The minimum atomic E-state index is 0.352. The molecule has 0 amide bonds. The first kappa shape index (κ1) is 15.2. The smallest absolute Gasteiger partial charge is 0.191 e. The number of hydrogen-bond acceptors (Lipinski definition) is 3. The number of nitrogens with one attached hydrogen (secondary N) is 2. The van der Waals surface area contributed by atoms with E-state index in [0.717, 1.165) is 31.1 Å². The Hall–Kier alpha value is -1.75. The van der Waals surface area contributed by atoms with Crippen LogP contribution in [0, 0.1) is 0 Å². The van der Waals surface area contributed by atoms with Gasteiger partial charge in [0, 0.05) is 13.6 Å². The van der Waals surface area contributed by atoms with Gasteiger partial charge in [0.1, 0.15) is 5.75 Å². The lowest BCUT2D eigenvalue weighted by atomic mass is 9.96. The number of rotatable bonds is 5. The van der Waals surface area contributed by atoms with Crippen LogP contribution in [0.1, 0.15) is 31.7 Å². The zero-order valence-electron chi connectivity index (χ0n) is 13.3. The minimum absolute atomic E-state index is 0.352. The van der Waals surface area contributed by atoms with E-state index >= 15 is 0 Å². The van der Waals surface area contributed by atoms with E-state index in [1.54, 1.807) is 7.05 Å². The van der Waals surface area contributed by atoms with Crippen molar-refractivity contribution in [1.82, 2.24) is 10.6 Å². The monoisotopic (exact) mass is 303 g/mol. The second-order valence-corrected chi connectivity index (χ2v) is 5.87. The molecule has 5 heteroatoms. The van der Waals surface area contributed by atoms with E-state index in [4.69, 9.17) is 9.47 Å². The van der Waals surface area contributed by atoms with E-state index in [9.17, 15) is 0 Å². The molecule has 2 aliphatic rings. The molecule has 3 rings (SSSR count). The van der Waals surface area contributed by atoms with Gasteiger partial charge in [-0.3, -0.25) is 4.99 Å². The SMILES string of the molecule is CCOc1cccc(CNC(=NC)NC2CC3CCC2O3)c1. The average Bonchev–Trinajstić information content (AvgIpc) is 3.15. The molecule has 0 saturated carbocycles. The summed E-state index contributed by atoms with van der Waals surface area (Å²) in [7, 11) is 1.81. The molecule has 3 atom stereocenters. The molecular weight excluding hydrogens is 278 g/mol. The molecule has 0 radical (unpaired) electrons. The molecule has 0 aliphatic carbocycles. The molecule has 2 N–H and O–H groups in total. The Kier molecular flexibility index (Phi) is 4.83. The van der Waals surface area contributed by atoms with Gasteiger partial charge < -0.3 is 20.1 Å². The molecule has 0 spiro atoms. The summed E-state index contributed by atoms with van der Waals surface area (Å²) in [5.41, 5.74) is 1.18. The Balaban J connectivity index is 1.52. The van der Waals surface area contributed by atoms with Crippen LogP contribution in [-0.4, -0.2) is 37.9 Å². The maximum absolute atomic E-state index is 5.87. The predicted octanol–water partition coefficient (Wildman–Crippen LogP) is 2.07. The van der Waals surface area contributed by atoms with E-state index in [2.05, 4.69) is 27.8 Å². The van der Waals surface area contributed by atoms with Crippen LogP contribution < -0.4 is 15.4 Å². The summed E-state index contributed by atoms with van der Waals surface area (Å²) in [5, 5.41) is 6.86. The molecule has 0 aromatic heterocycles. The maximum Gasteiger partial charge on any atom is 0.191 e. The first-order valence-corrected chi connectivity index (χ1v) is 8.13. The lowest BCUT2D eigenvalue weighted by Crippen LogP contribution is -2.47. The zero-order chi connectivity index (χ0) is 15.4. The molecule has 120 valence electrons. The summed E-state index contributed by atoms with van der Waals surface area (Å²) < 4.78 is 11.4. The van der Waals surface area contributed by atoms with Crippen LogP contribution in [0.4, 0.5) is 0 Å². The fraction of sp³-hybridized carbons (Fsp3) is 0.588. The fourth-order valence-corrected chi connectivity index (χ4v) is 3.26. The van der Waals surface area contributed by atoms with Crippen LogP contribution in [-0.2, 0) is 11.3 Å². The number of guanidine groups is 1. The summed E-state index contributed by atoms with van der Waals surface area (Å²) in [4.78, 5) is 4.32. The molecule has 22 heavy (non-hydrogen) atoms. The molecule has 5 nitrogen and oxygen atoms in total. The molecule has 1 aromatic rings. The Bertz CT molecular complexity index is 532. The van der Waals surface area contributed by atoms with Gasteiger partial charge in [-0.2, -0.15) is 0 Å². The molecule has 2 aliphatic heterocycles. The van der Waals surface area contributed by atoms with E-state index in [0.29, 0.717) is 24.9 Å².